The number of rotatable bonds is 10. The molecular formula is C22H35NO3. The molecule has 1 aromatic carbocycles. The number of benzene rings is 1. The van der Waals surface area contributed by atoms with Gasteiger partial charge in [0.1, 0.15) is 5.54 Å². The predicted molar refractivity (Wildman–Crippen MR) is 106 cm³/mol. The number of carbonyl (C=O) groups is 2. The Bertz CT molecular complexity index is 609. The third kappa shape index (κ3) is 7.19. The maximum Gasteiger partial charge on any atom is 0.331 e. The summed E-state index contributed by atoms with van der Waals surface area (Å²) in [5, 5.41) is 2.92. The number of unbranched alkanes of at least 4 members (excludes halogenated alkanes) is 2. The fourth-order valence-electron chi connectivity index (χ4n) is 3.22. The van der Waals surface area contributed by atoms with Crippen molar-refractivity contribution in [2.24, 2.45) is 5.92 Å². The van der Waals surface area contributed by atoms with Crippen molar-refractivity contribution in [1.82, 2.24) is 5.32 Å². The summed E-state index contributed by atoms with van der Waals surface area (Å²) in [6.45, 7) is 10.2. The van der Waals surface area contributed by atoms with Crippen molar-refractivity contribution < 1.29 is 14.3 Å². The fourth-order valence-corrected chi connectivity index (χ4v) is 3.22. The van der Waals surface area contributed by atoms with E-state index in [1.54, 1.807) is 6.92 Å². The Kier molecular flexibility index (Phi) is 8.83. The lowest BCUT2D eigenvalue weighted by molar-refractivity contribution is -0.150. The van der Waals surface area contributed by atoms with Gasteiger partial charge in [0.15, 0.2) is 0 Å². The first kappa shape index (κ1) is 22.2. The molecule has 0 radical (unpaired) electrons. The molecule has 0 aliphatic rings. The van der Waals surface area contributed by atoms with E-state index in [0.717, 1.165) is 30.4 Å². The first-order valence-electron chi connectivity index (χ1n) is 9.63. The SMILES string of the molecule is COC(=O)C(C)(CCCCCC(C)C)NC(=O)Cc1ccc(C)cc1C. The molecule has 1 aromatic rings. The van der Waals surface area contributed by atoms with E-state index in [4.69, 9.17) is 4.74 Å². The lowest BCUT2D eigenvalue weighted by atomic mass is 9.92. The van der Waals surface area contributed by atoms with Gasteiger partial charge in [-0.15, -0.1) is 0 Å². The van der Waals surface area contributed by atoms with E-state index in [-0.39, 0.29) is 18.3 Å². The van der Waals surface area contributed by atoms with Crippen molar-refractivity contribution in [2.75, 3.05) is 7.11 Å². The summed E-state index contributed by atoms with van der Waals surface area (Å²) in [7, 11) is 1.37. The second-order valence-corrected chi connectivity index (χ2v) is 7.97. The zero-order valence-corrected chi connectivity index (χ0v) is 17.3. The van der Waals surface area contributed by atoms with Crippen LogP contribution in [0.1, 0.15) is 69.6 Å². The topological polar surface area (TPSA) is 55.4 Å². The maximum absolute atomic E-state index is 12.5. The minimum atomic E-state index is -0.970. The molecule has 1 atom stereocenters. The molecule has 0 aromatic heterocycles. The second kappa shape index (κ2) is 10.3. The van der Waals surface area contributed by atoms with Gasteiger partial charge in [-0.1, -0.05) is 63.3 Å². The summed E-state index contributed by atoms with van der Waals surface area (Å²) < 4.78 is 4.95. The number of methoxy groups -OCH3 is 1. The van der Waals surface area contributed by atoms with E-state index in [2.05, 4.69) is 25.2 Å². The molecule has 0 heterocycles. The molecule has 0 saturated carbocycles. The van der Waals surface area contributed by atoms with Crippen LogP contribution in [0.3, 0.4) is 0 Å². The molecule has 26 heavy (non-hydrogen) atoms. The Morgan fingerprint density at radius 3 is 2.42 bits per heavy atom. The second-order valence-electron chi connectivity index (χ2n) is 7.97. The van der Waals surface area contributed by atoms with Gasteiger partial charge in [-0.2, -0.15) is 0 Å². The quantitative estimate of drug-likeness (QED) is 0.493. The zero-order chi connectivity index (χ0) is 19.7. The summed E-state index contributed by atoms with van der Waals surface area (Å²) in [6.07, 6.45) is 5.14. The summed E-state index contributed by atoms with van der Waals surface area (Å²) >= 11 is 0. The summed E-state index contributed by atoms with van der Waals surface area (Å²) in [5.41, 5.74) is 2.28. The molecule has 0 bridgehead atoms. The van der Waals surface area contributed by atoms with Crippen LogP contribution in [0.15, 0.2) is 18.2 Å². The van der Waals surface area contributed by atoms with Gasteiger partial charge in [0.2, 0.25) is 5.91 Å². The van der Waals surface area contributed by atoms with E-state index in [9.17, 15) is 9.59 Å². The molecule has 0 fully saturated rings. The third-order valence-electron chi connectivity index (χ3n) is 4.86. The molecule has 0 spiro atoms. The van der Waals surface area contributed by atoms with Crippen molar-refractivity contribution >= 4 is 11.9 Å². The van der Waals surface area contributed by atoms with Crippen LogP contribution in [0.5, 0.6) is 0 Å². The van der Waals surface area contributed by atoms with E-state index < -0.39 is 5.54 Å². The highest BCUT2D eigenvalue weighted by atomic mass is 16.5. The van der Waals surface area contributed by atoms with Crippen LogP contribution in [0, 0.1) is 19.8 Å². The van der Waals surface area contributed by atoms with Crippen molar-refractivity contribution in [1.29, 1.82) is 0 Å². The Labute approximate surface area is 158 Å². The van der Waals surface area contributed by atoms with Crippen molar-refractivity contribution in [3.05, 3.63) is 34.9 Å². The van der Waals surface area contributed by atoms with Gasteiger partial charge in [0, 0.05) is 0 Å². The number of aryl methyl sites for hydroxylation is 2. The van der Waals surface area contributed by atoms with E-state index >= 15 is 0 Å². The highest BCUT2D eigenvalue weighted by Gasteiger charge is 2.35. The molecule has 0 saturated heterocycles. The van der Waals surface area contributed by atoms with Gasteiger partial charge in [0.25, 0.3) is 0 Å². The first-order valence-corrected chi connectivity index (χ1v) is 9.63. The van der Waals surface area contributed by atoms with Crippen LogP contribution in [-0.2, 0) is 20.7 Å². The Morgan fingerprint density at radius 2 is 1.85 bits per heavy atom. The molecule has 0 aliphatic carbocycles. The van der Waals surface area contributed by atoms with Crippen LogP contribution >= 0.6 is 0 Å². The molecular weight excluding hydrogens is 326 g/mol. The maximum atomic E-state index is 12.5. The molecule has 4 nitrogen and oxygen atoms in total. The number of nitrogens with one attached hydrogen (secondary N) is 1. The number of amides is 1. The van der Waals surface area contributed by atoms with Gasteiger partial charge in [0.05, 0.1) is 13.5 Å². The summed E-state index contributed by atoms with van der Waals surface area (Å²) in [6, 6.07) is 6.05. The van der Waals surface area contributed by atoms with Gasteiger partial charge in [-0.05, 0) is 44.2 Å². The molecule has 4 heteroatoms. The third-order valence-corrected chi connectivity index (χ3v) is 4.86. The standard InChI is InChI=1S/C22H35NO3/c1-16(2)10-8-7-9-13-22(5,21(25)26-6)23-20(24)15-19-12-11-17(3)14-18(19)4/h11-12,14,16H,7-10,13,15H2,1-6H3,(H,23,24). The molecule has 1 N–H and O–H groups in total. The zero-order valence-electron chi connectivity index (χ0n) is 17.3. The highest BCUT2D eigenvalue weighted by Crippen LogP contribution is 2.19. The Hall–Kier alpha value is -1.84. The first-order chi connectivity index (χ1) is 12.2. The van der Waals surface area contributed by atoms with Crippen molar-refractivity contribution in [3.63, 3.8) is 0 Å². The molecule has 1 unspecified atom stereocenters. The van der Waals surface area contributed by atoms with Crippen LogP contribution in [-0.4, -0.2) is 24.5 Å². The number of hydrogen-bond donors (Lipinski definition) is 1. The summed E-state index contributed by atoms with van der Waals surface area (Å²) in [5.74, 6) is 0.168. The molecule has 1 amide bonds. The smallest absolute Gasteiger partial charge is 0.331 e. The van der Waals surface area contributed by atoms with Gasteiger partial charge < -0.3 is 10.1 Å². The van der Waals surface area contributed by atoms with Crippen molar-refractivity contribution in [2.45, 2.75) is 78.7 Å². The summed E-state index contributed by atoms with van der Waals surface area (Å²) in [4.78, 5) is 24.8. The minimum Gasteiger partial charge on any atom is -0.467 e. The van der Waals surface area contributed by atoms with Gasteiger partial charge >= 0.3 is 5.97 Å². The molecule has 1 rings (SSSR count). The number of carbonyl (C=O) groups excluding carboxylic acids is 2. The largest absolute Gasteiger partial charge is 0.467 e. The van der Waals surface area contributed by atoms with Crippen LogP contribution in [0.4, 0.5) is 0 Å². The van der Waals surface area contributed by atoms with Crippen LogP contribution in [0.25, 0.3) is 0 Å². The predicted octanol–water partition coefficient (Wildman–Crippen LogP) is 4.50. The molecule has 146 valence electrons. The molecule has 0 aliphatic heterocycles. The minimum absolute atomic E-state index is 0.146. The lowest BCUT2D eigenvalue weighted by Crippen LogP contribution is -2.53. The van der Waals surface area contributed by atoms with E-state index in [1.807, 2.05) is 26.0 Å². The number of esters is 1. The Morgan fingerprint density at radius 1 is 1.15 bits per heavy atom. The highest BCUT2D eigenvalue weighted by molar-refractivity contribution is 5.88. The van der Waals surface area contributed by atoms with Crippen molar-refractivity contribution in [3.8, 4) is 0 Å². The number of hydrogen-bond acceptors (Lipinski definition) is 3. The monoisotopic (exact) mass is 361 g/mol. The Balaban J connectivity index is 2.67. The van der Waals surface area contributed by atoms with E-state index in [0.29, 0.717) is 12.3 Å². The average Bonchev–Trinajstić information content (AvgIpc) is 2.56. The van der Waals surface area contributed by atoms with Crippen LogP contribution in [0.2, 0.25) is 0 Å². The number of ether oxygens (including phenoxy) is 1. The van der Waals surface area contributed by atoms with Crippen LogP contribution < -0.4 is 5.32 Å². The van der Waals surface area contributed by atoms with Gasteiger partial charge in [-0.3, -0.25) is 4.79 Å². The fraction of sp³-hybridized carbons (Fsp3) is 0.636. The van der Waals surface area contributed by atoms with E-state index in [1.165, 1.54) is 19.1 Å². The average molecular weight is 362 g/mol. The van der Waals surface area contributed by atoms with Gasteiger partial charge in [-0.25, -0.2) is 4.79 Å². The normalized spacial score (nSPS) is 13.3. The lowest BCUT2D eigenvalue weighted by Gasteiger charge is -2.28.